The van der Waals surface area contributed by atoms with Crippen molar-refractivity contribution in [2.45, 2.75) is 67.5 Å². The highest BCUT2D eigenvalue weighted by Gasteiger charge is 2.48. The molecule has 11 atom stereocenters. The third-order valence-corrected chi connectivity index (χ3v) is 5.11. The summed E-state index contributed by atoms with van der Waals surface area (Å²) in [6.07, 6.45) is -18.9. The third kappa shape index (κ3) is 5.25. The Morgan fingerprint density at radius 1 is 0.875 bits per heavy atom. The minimum Gasteiger partial charge on any atom is -0.394 e. The molecule has 2 aliphatic heterocycles. The molecule has 0 aromatic heterocycles. The summed E-state index contributed by atoms with van der Waals surface area (Å²) in [7, 11) is 0. The van der Waals surface area contributed by atoms with E-state index in [1.54, 1.807) is 6.07 Å². The van der Waals surface area contributed by atoms with Crippen molar-refractivity contribution in [3.63, 3.8) is 0 Å². The Balaban J connectivity index is 1.77. The van der Waals surface area contributed by atoms with Crippen molar-refractivity contribution in [3.8, 4) is 6.07 Å². The van der Waals surface area contributed by atoms with Gasteiger partial charge in [-0.25, -0.2) is 0 Å². The molecule has 3 rings (SSSR count). The zero-order valence-corrected chi connectivity index (χ0v) is 16.5. The molecule has 2 saturated heterocycles. The van der Waals surface area contributed by atoms with E-state index >= 15 is 0 Å². The van der Waals surface area contributed by atoms with Crippen LogP contribution in [0.15, 0.2) is 30.2 Å². The molecule has 32 heavy (non-hydrogen) atoms. The van der Waals surface area contributed by atoms with Gasteiger partial charge in [-0.2, -0.15) is 5.26 Å². The number of hydrogen-bond donors (Lipinski definition) is 7. The number of ether oxygens (including phenoxy) is 4. The molecule has 2 fully saturated rings. The van der Waals surface area contributed by atoms with Gasteiger partial charge in [-0.3, -0.25) is 0 Å². The second-order valence-corrected chi connectivity index (χ2v) is 7.23. The number of aliphatic hydroxyl groups is 7. The van der Waals surface area contributed by atoms with Crippen molar-refractivity contribution < 1.29 is 61.5 Å². The molecule has 0 radical (unpaired) electrons. The van der Waals surface area contributed by atoms with Crippen LogP contribution < -0.4 is 0 Å². The first-order valence-corrected chi connectivity index (χ1v) is 9.59. The summed E-state index contributed by atoms with van der Waals surface area (Å²) in [5.41, 5.74) is -0.543. The first kappa shape index (κ1) is 18.7. The van der Waals surface area contributed by atoms with E-state index in [1.165, 1.54) is 0 Å². The average molecular weight is 462 g/mol. The molecule has 1 aromatic carbocycles. The third-order valence-electron chi connectivity index (χ3n) is 5.11. The highest BCUT2D eigenvalue weighted by atomic mass is 16.7. The molecule has 0 amide bonds. The fourth-order valence-electron chi connectivity index (χ4n) is 3.25. The van der Waals surface area contributed by atoms with Crippen LogP contribution in [0.2, 0.25) is 0 Å². The topological polar surface area (TPSA) is 202 Å². The van der Waals surface area contributed by atoms with E-state index in [-0.39, 0.29) is 0 Å². The van der Waals surface area contributed by atoms with E-state index in [2.05, 4.69) is 0 Å². The molecule has 0 aliphatic carbocycles. The lowest BCUT2D eigenvalue weighted by atomic mass is 9.98. The molecule has 12 nitrogen and oxygen atoms in total. The molecular formula is C20H27NO11. The highest BCUT2D eigenvalue weighted by Crippen LogP contribution is 2.28. The largest absolute Gasteiger partial charge is 0.394 e. The van der Waals surface area contributed by atoms with Gasteiger partial charge in [-0.05, 0) is 5.56 Å². The van der Waals surface area contributed by atoms with Gasteiger partial charge in [0.2, 0.25) is 0 Å². The number of hydrogen-bond acceptors (Lipinski definition) is 12. The standard InChI is InChI=1S/C20H27NO11/c21-6-10(9-4-2-1-3-5-9)30-20-18(28)16(26)14(24)12(32-20)8-29-19-17(27)15(25)13(23)11(7-22)31-19/h1-5,10-20,22-28H,7-8H2/i1D,2D,3D,4D,5D. The lowest BCUT2D eigenvalue weighted by molar-refractivity contribution is -0.334. The molecule has 7 N–H and O–H groups in total. The van der Waals surface area contributed by atoms with E-state index < -0.39 is 117 Å². The number of nitrogens with zero attached hydrogens (tertiary/aromatic N) is 1. The molecule has 178 valence electrons. The second-order valence-electron chi connectivity index (χ2n) is 7.23. The Bertz CT molecular complexity index is 985. The molecule has 0 saturated carbocycles. The Hall–Kier alpha value is -1.73. The minimum absolute atomic E-state index is 0.543. The van der Waals surface area contributed by atoms with Gasteiger partial charge < -0.3 is 54.7 Å². The Morgan fingerprint density at radius 2 is 1.44 bits per heavy atom. The molecule has 2 heterocycles. The number of rotatable bonds is 7. The predicted octanol–water partition coefficient (Wildman–Crippen LogP) is -3.11. The normalized spacial score (nSPS) is 43.2. The van der Waals surface area contributed by atoms with Crippen LogP contribution in [0, 0.1) is 11.3 Å². The number of benzene rings is 1. The molecule has 11 unspecified atom stereocenters. The van der Waals surface area contributed by atoms with Gasteiger partial charge in [0.25, 0.3) is 0 Å². The summed E-state index contributed by atoms with van der Waals surface area (Å²) >= 11 is 0. The smallest absolute Gasteiger partial charge is 0.188 e. The van der Waals surface area contributed by atoms with Crippen molar-refractivity contribution in [1.82, 2.24) is 0 Å². The van der Waals surface area contributed by atoms with Gasteiger partial charge in [0.15, 0.2) is 18.7 Å². The van der Waals surface area contributed by atoms with Crippen molar-refractivity contribution in [2.24, 2.45) is 0 Å². The molecule has 1 aromatic rings. The zero-order chi connectivity index (χ0) is 27.8. The van der Waals surface area contributed by atoms with Crippen LogP contribution in [-0.4, -0.2) is 110 Å². The zero-order valence-electron chi connectivity index (χ0n) is 21.5. The van der Waals surface area contributed by atoms with E-state index in [0.717, 1.165) is 0 Å². The van der Waals surface area contributed by atoms with Crippen LogP contribution in [0.1, 0.15) is 18.5 Å². The summed E-state index contributed by atoms with van der Waals surface area (Å²) < 4.78 is 60.4. The van der Waals surface area contributed by atoms with Gasteiger partial charge >= 0.3 is 0 Å². The summed E-state index contributed by atoms with van der Waals surface area (Å²) in [4.78, 5) is 0. The van der Waals surface area contributed by atoms with Crippen LogP contribution in [0.3, 0.4) is 0 Å². The maximum absolute atomic E-state index is 10.3. The maximum atomic E-state index is 10.3. The van der Waals surface area contributed by atoms with Crippen LogP contribution >= 0.6 is 0 Å². The molecule has 12 heteroatoms. The molecule has 2 aliphatic rings. The summed E-state index contributed by atoms with van der Waals surface area (Å²) in [6.45, 7) is -1.37. The molecular weight excluding hydrogens is 430 g/mol. The van der Waals surface area contributed by atoms with E-state index in [1.807, 2.05) is 0 Å². The average Bonchev–Trinajstić information content (AvgIpc) is 2.89. The Labute approximate surface area is 190 Å². The van der Waals surface area contributed by atoms with E-state index in [9.17, 15) is 41.0 Å². The highest BCUT2D eigenvalue weighted by molar-refractivity contribution is 5.22. The van der Waals surface area contributed by atoms with Crippen molar-refractivity contribution in [2.75, 3.05) is 13.2 Å². The van der Waals surface area contributed by atoms with Gasteiger partial charge in [-0.15, -0.1) is 0 Å². The summed E-state index contributed by atoms with van der Waals surface area (Å²) in [6, 6.07) is -2.01. The maximum Gasteiger partial charge on any atom is 0.188 e. The van der Waals surface area contributed by atoms with Gasteiger partial charge in [0.1, 0.15) is 48.8 Å². The Kier molecular flexibility index (Phi) is 6.37. The van der Waals surface area contributed by atoms with Crippen LogP contribution in [0.4, 0.5) is 0 Å². The second kappa shape index (κ2) is 10.9. The lowest BCUT2D eigenvalue weighted by Gasteiger charge is -2.43. The first-order valence-electron chi connectivity index (χ1n) is 12.1. The molecule has 0 spiro atoms. The number of nitriles is 1. The fourth-order valence-corrected chi connectivity index (χ4v) is 3.25. The monoisotopic (exact) mass is 462 g/mol. The van der Waals surface area contributed by atoms with Crippen LogP contribution in [-0.2, 0) is 18.9 Å². The quantitative estimate of drug-likeness (QED) is 0.215. The van der Waals surface area contributed by atoms with Crippen LogP contribution in [0.5, 0.6) is 0 Å². The summed E-state index contributed by atoms with van der Waals surface area (Å²) in [5.74, 6) is 0. The van der Waals surface area contributed by atoms with Crippen LogP contribution in [0.25, 0.3) is 0 Å². The predicted molar refractivity (Wildman–Crippen MR) is 102 cm³/mol. The van der Waals surface area contributed by atoms with Crippen molar-refractivity contribution >= 4 is 0 Å². The SMILES string of the molecule is [2H]c1c([2H])c([2H])c(C(C#N)OC2OC(COC3OC(CO)C(O)C(O)C3O)C(O)C(O)C2O)c([2H])c1[2H]. The van der Waals surface area contributed by atoms with E-state index in [0.29, 0.717) is 0 Å². The van der Waals surface area contributed by atoms with Gasteiger partial charge in [0.05, 0.1) is 26.1 Å². The minimum atomic E-state index is -1.95. The fraction of sp³-hybridized carbons (Fsp3) is 0.650. The van der Waals surface area contributed by atoms with Gasteiger partial charge in [-0.1, -0.05) is 30.2 Å². The lowest BCUT2D eigenvalue weighted by Crippen LogP contribution is -2.61. The molecule has 0 bridgehead atoms. The first-order chi connectivity index (χ1) is 17.3. The summed E-state index contributed by atoms with van der Waals surface area (Å²) in [5, 5.41) is 79.6. The van der Waals surface area contributed by atoms with E-state index in [4.69, 9.17) is 25.8 Å². The number of aliphatic hydroxyl groups excluding tert-OH is 7. The van der Waals surface area contributed by atoms with Gasteiger partial charge in [0, 0.05) is 0 Å². The Morgan fingerprint density at radius 3 is 2.03 bits per heavy atom. The van der Waals surface area contributed by atoms with Crippen molar-refractivity contribution in [3.05, 3.63) is 35.8 Å². The van der Waals surface area contributed by atoms with Crippen molar-refractivity contribution in [1.29, 1.82) is 5.26 Å².